The van der Waals surface area contributed by atoms with Crippen molar-refractivity contribution in [2.24, 2.45) is 0 Å². The van der Waals surface area contributed by atoms with Crippen LogP contribution in [0, 0.1) is 5.82 Å². The van der Waals surface area contributed by atoms with Gasteiger partial charge in [0.2, 0.25) is 5.95 Å². The van der Waals surface area contributed by atoms with E-state index in [9.17, 15) is 9.18 Å². The molecule has 1 heterocycles. The van der Waals surface area contributed by atoms with Gasteiger partial charge in [-0.05, 0) is 42.5 Å². The summed E-state index contributed by atoms with van der Waals surface area (Å²) >= 11 is 0. The van der Waals surface area contributed by atoms with Crippen LogP contribution in [0.25, 0.3) is 10.9 Å². The van der Waals surface area contributed by atoms with Crippen LogP contribution in [-0.4, -0.2) is 9.97 Å². The number of hydrogen-bond donors (Lipinski definition) is 3. The molecular weight excluding hydrogens is 259 g/mol. The van der Waals surface area contributed by atoms with Crippen molar-refractivity contribution in [3.8, 4) is 0 Å². The minimum absolute atomic E-state index is 0.285. The molecule has 0 amide bonds. The predicted molar refractivity (Wildman–Crippen MR) is 76.5 cm³/mol. The maximum Gasteiger partial charge on any atom is 0.260 e. The zero-order valence-electron chi connectivity index (χ0n) is 10.4. The number of nitrogen functional groups attached to an aromatic ring is 1. The molecule has 20 heavy (non-hydrogen) atoms. The van der Waals surface area contributed by atoms with Gasteiger partial charge < -0.3 is 11.1 Å². The number of rotatable bonds is 2. The summed E-state index contributed by atoms with van der Waals surface area (Å²) in [5, 5.41) is 3.34. The highest BCUT2D eigenvalue weighted by Crippen LogP contribution is 2.16. The topological polar surface area (TPSA) is 83.8 Å². The van der Waals surface area contributed by atoms with E-state index in [2.05, 4.69) is 15.3 Å². The maximum atomic E-state index is 12.8. The molecule has 0 saturated carbocycles. The molecule has 5 nitrogen and oxygen atoms in total. The first-order chi connectivity index (χ1) is 9.61. The molecular formula is C14H11FN4O. The van der Waals surface area contributed by atoms with E-state index in [1.54, 1.807) is 30.3 Å². The highest BCUT2D eigenvalue weighted by Gasteiger charge is 2.04. The molecule has 0 saturated heterocycles. The van der Waals surface area contributed by atoms with Gasteiger partial charge >= 0.3 is 0 Å². The molecule has 0 atom stereocenters. The summed E-state index contributed by atoms with van der Waals surface area (Å²) < 4.78 is 12.8. The number of aromatic nitrogens is 2. The van der Waals surface area contributed by atoms with E-state index in [1.165, 1.54) is 12.1 Å². The van der Waals surface area contributed by atoms with Gasteiger partial charge in [0.05, 0.1) is 10.9 Å². The minimum Gasteiger partial charge on any atom is -0.399 e. The molecule has 1 aromatic heterocycles. The highest BCUT2D eigenvalue weighted by molar-refractivity contribution is 5.82. The average molecular weight is 270 g/mol. The van der Waals surface area contributed by atoms with Crippen LogP contribution in [-0.2, 0) is 0 Å². The van der Waals surface area contributed by atoms with Crippen molar-refractivity contribution in [2.45, 2.75) is 0 Å². The summed E-state index contributed by atoms with van der Waals surface area (Å²) in [6.45, 7) is 0. The fourth-order valence-electron chi connectivity index (χ4n) is 1.89. The Labute approximate surface area is 113 Å². The van der Waals surface area contributed by atoms with Gasteiger partial charge in [-0.3, -0.25) is 9.78 Å². The third-order valence-electron chi connectivity index (χ3n) is 2.84. The SMILES string of the molecule is Nc1ccc2nc(Nc3ccc(F)cc3)[nH]c(=O)c2c1. The number of nitrogens with two attached hydrogens (primary N) is 1. The predicted octanol–water partition coefficient (Wildman–Crippen LogP) is 2.39. The second kappa shape index (κ2) is 4.65. The van der Waals surface area contributed by atoms with Crippen LogP contribution in [0.4, 0.5) is 21.7 Å². The fraction of sp³-hybridized carbons (Fsp3) is 0. The van der Waals surface area contributed by atoms with Crippen molar-refractivity contribution in [3.63, 3.8) is 0 Å². The van der Waals surface area contributed by atoms with E-state index in [0.717, 1.165) is 0 Å². The smallest absolute Gasteiger partial charge is 0.260 e. The molecule has 0 bridgehead atoms. The summed E-state index contributed by atoms with van der Waals surface area (Å²) in [5.74, 6) is -0.0372. The molecule has 0 fully saturated rings. The van der Waals surface area contributed by atoms with Crippen LogP contribution in [0.3, 0.4) is 0 Å². The fourth-order valence-corrected chi connectivity index (χ4v) is 1.89. The largest absolute Gasteiger partial charge is 0.399 e. The molecule has 6 heteroatoms. The van der Waals surface area contributed by atoms with Crippen LogP contribution in [0.2, 0.25) is 0 Å². The van der Waals surface area contributed by atoms with Gasteiger partial charge in [-0.25, -0.2) is 9.37 Å². The van der Waals surface area contributed by atoms with E-state index in [-0.39, 0.29) is 11.4 Å². The van der Waals surface area contributed by atoms with Gasteiger partial charge in [0.15, 0.2) is 0 Å². The molecule has 0 aliphatic carbocycles. The van der Waals surface area contributed by atoms with E-state index < -0.39 is 0 Å². The summed E-state index contributed by atoms with van der Waals surface area (Å²) in [7, 11) is 0. The Hall–Kier alpha value is -2.89. The van der Waals surface area contributed by atoms with Crippen LogP contribution < -0.4 is 16.6 Å². The molecule has 3 aromatic rings. The van der Waals surface area contributed by atoms with Crippen LogP contribution in [0.5, 0.6) is 0 Å². The van der Waals surface area contributed by atoms with Crippen LogP contribution in [0.15, 0.2) is 47.3 Å². The number of anilines is 3. The Morgan fingerprint density at radius 3 is 2.65 bits per heavy atom. The minimum atomic E-state index is -0.328. The van der Waals surface area contributed by atoms with Crippen molar-refractivity contribution in [1.82, 2.24) is 9.97 Å². The maximum absolute atomic E-state index is 12.8. The van der Waals surface area contributed by atoms with Gasteiger partial charge in [-0.2, -0.15) is 0 Å². The third kappa shape index (κ3) is 2.31. The number of nitrogens with one attached hydrogen (secondary N) is 2. The van der Waals surface area contributed by atoms with Gasteiger partial charge in [-0.15, -0.1) is 0 Å². The second-order valence-electron chi connectivity index (χ2n) is 4.32. The summed E-state index contributed by atoms with van der Waals surface area (Å²) in [6, 6.07) is 10.7. The van der Waals surface area contributed by atoms with Gasteiger partial charge in [0.1, 0.15) is 5.82 Å². The lowest BCUT2D eigenvalue weighted by Crippen LogP contribution is -2.11. The molecule has 2 aromatic carbocycles. The number of hydrogen-bond acceptors (Lipinski definition) is 4. The first kappa shape index (κ1) is 12.2. The van der Waals surface area contributed by atoms with E-state index in [0.29, 0.717) is 28.2 Å². The Bertz CT molecular complexity index is 827. The highest BCUT2D eigenvalue weighted by atomic mass is 19.1. The lowest BCUT2D eigenvalue weighted by molar-refractivity contribution is 0.628. The summed E-state index contributed by atoms with van der Waals surface area (Å²) in [5.41, 5.74) is 7.02. The molecule has 3 rings (SSSR count). The number of benzene rings is 2. The number of nitrogens with zero attached hydrogens (tertiary/aromatic N) is 1. The van der Waals surface area contributed by atoms with Gasteiger partial charge in [0, 0.05) is 11.4 Å². The average Bonchev–Trinajstić information content (AvgIpc) is 2.42. The second-order valence-corrected chi connectivity index (χ2v) is 4.32. The van der Waals surface area contributed by atoms with Gasteiger partial charge in [0.25, 0.3) is 5.56 Å². The quantitative estimate of drug-likeness (QED) is 0.624. The van der Waals surface area contributed by atoms with Crippen LogP contribution in [0.1, 0.15) is 0 Å². The number of aromatic amines is 1. The molecule has 0 aliphatic heterocycles. The molecule has 0 radical (unpaired) electrons. The lowest BCUT2D eigenvalue weighted by atomic mass is 10.2. The van der Waals surface area contributed by atoms with Crippen LogP contribution >= 0.6 is 0 Å². The zero-order valence-corrected chi connectivity index (χ0v) is 10.4. The zero-order chi connectivity index (χ0) is 14.1. The Morgan fingerprint density at radius 1 is 1.15 bits per heavy atom. The van der Waals surface area contributed by atoms with Crippen molar-refractivity contribution >= 4 is 28.2 Å². The van der Waals surface area contributed by atoms with Gasteiger partial charge in [-0.1, -0.05) is 0 Å². The Kier molecular flexibility index (Phi) is 2.83. The molecule has 0 spiro atoms. The standard InChI is InChI=1S/C14H11FN4O/c15-8-1-4-10(5-2-8)17-14-18-12-6-3-9(16)7-11(12)13(20)19-14/h1-7H,16H2,(H2,17,18,19,20). The first-order valence-corrected chi connectivity index (χ1v) is 5.94. The Balaban J connectivity index is 2.02. The van der Waals surface area contributed by atoms with Crippen molar-refractivity contribution < 1.29 is 4.39 Å². The molecule has 0 unspecified atom stereocenters. The number of fused-ring (bicyclic) bond motifs is 1. The summed E-state index contributed by atoms with van der Waals surface area (Å²) in [6.07, 6.45) is 0. The monoisotopic (exact) mass is 270 g/mol. The Morgan fingerprint density at radius 2 is 1.90 bits per heavy atom. The van der Waals surface area contributed by atoms with Crippen molar-refractivity contribution in [3.05, 3.63) is 58.6 Å². The number of H-pyrrole nitrogens is 1. The van der Waals surface area contributed by atoms with E-state index in [1.807, 2.05) is 0 Å². The molecule has 0 aliphatic rings. The lowest BCUT2D eigenvalue weighted by Gasteiger charge is -2.06. The number of halogens is 1. The third-order valence-corrected chi connectivity index (χ3v) is 2.84. The summed E-state index contributed by atoms with van der Waals surface area (Å²) in [4.78, 5) is 18.8. The molecule has 100 valence electrons. The normalized spacial score (nSPS) is 10.7. The van der Waals surface area contributed by atoms with E-state index >= 15 is 0 Å². The molecule has 4 N–H and O–H groups in total. The first-order valence-electron chi connectivity index (χ1n) is 5.94. The van der Waals surface area contributed by atoms with Crippen molar-refractivity contribution in [2.75, 3.05) is 11.1 Å². The van der Waals surface area contributed by atoms with E-state index in [4.69, 9.17) is 5.73 Å². The van der Waals surface area contributed by atoms with Crippen molar-refractivity contribution in [1.29, 1.82) is 0 Å².